The lowest BCUT2D eigenvalue weighted by atomic mass is 9.84. The van der Waals surface area contributed by atoms with Crippen molar-refractivity contribution >= 4 is 11.8 Å². The molecule has 0 aromatic rings. The maximum atomic E-state index is 13.3. The lowest BCUT2D eigenvalue weighted by molar-refractivity contribution is -0.140. The van der Waals surface area contributed by atoms with E-state index in [2.05, 4.69) is 10.2 Å². The van der Waals surface area contributed by atoms with E-state index in [1.807, 2.05) is 0 Å². The molecule has 0 bridgehead atoms. The van der Waals surface area contributed by atoms with E-state index in [0.29, 0.717) is 11.9 Å². The SMILES string of the molecule is O=C(NC1CCC(C(=O)N(CC2CCCO2)C2CCCC2)CC1)C1CC1. The Bertz CT molecular complexity index is 499. The number of amides is 2. The monoisotopic (exact) mass is 362 g/mol. The predicted octanol–water partition coefficient (Wildman–Crippen LogP) is 3.02. The van der Waals surface area contributed by atoms with Gasteiger partial charge in [0.25, 0.3) is 0 Å². The van der Waals surface area contributed by atoms with Crippen LogP contribution in [-0.2, 0) is 14.3 Å². The minimum atomic E-state index is 0.145. The Balaban J connectivity index is 1.31. The topological polar surface area (TPSA) is 58.6 Å². The highest BCUT2D eigenvalue weighted by Gasteiger charge is 2.37. The molecule has 1 atom stereocenters. The third-order valence-electron chi connectivity index (χ3n) is 6.84. The minimum absolute atomic E-state index is 0.145. The third kappa shape index (κ3) is 4.41. The van der Waals surface area contributed by atoms with Crippen LogP contribution in [0.1, 0.15) is 77.0 Å². The molecule has 2 amide bonds. The molecule has 5 heteroatoms. The highest BCUT2D eigenvalue weighted by Crippen LogP contribution is 2.33. The summed E-state index contributed by atoms with van der Waals surface area (Å²) in [6, 6.07) is 0.712. The van der Waals surface area contributed by atoms with Gasteiger partial charge in [0, 0.05) is 37.1 Å². The van der Waals surface area contributed by atoms with Gasteiger partial charge in [0.05, 0.1) is 6.10 Å². The fraction of sp³-hybridized carbons (Fsp3) is 0.905. The number of carbonyl (C=O) groups is 2. The second-order valence-corrected chi connectivity index (χ2v) is 8.90. The summed E-state index contributed by atoms with van der Waals surface area (Å²) in [5, 5.41) is 3.20. The normalized spacial score (nSPS) is 32.5. The molecule has 1 heterocycles. The van der Waals surface area contributed by atoms with Gasteiger partial charge in [-0.2, -0.15) is 0 Å². The van der Waals surface area contributed by atoms with E-state index in [1.54, 1.807) is 0 Å². The molecule has 1 N–H and O–H groups in total. The van der Waals surface area contributed by atoms with Crippen LogP contribution in [0, 0.1) is 11.8 Å². The first-order chi connectivity index (χ1) is 12.7. The molecule has 4 fully saturated rings. The lowest BCUT2D eigenvalue weighted by Crippen LogP contribution is -2.48. The number of hydrogen-bond acceptors (Lipinski definition) is 3. The quantitative estimate of drug-likeness (QED) is 0.790. The van der Waals surface area contributed by atoms with Crippen LogP contribution in [0.4, 0.5) is 0 Å². The van der Waals surface area contributed by atoms with Crippen LogP contribution in [-0.4, -0.2) is 48.1 Å². The average molecular weight is 363 g/mol. The molecule has 26 heavy (non-hydrogen) atoms. The molecule has 3 aliphatic carbocycles. The summed E-state index contributed by atoms with van der Waals surface area (Å²) in [4.78, 5) is 27.5. The maximum absolute atomic E-state index is 13.3. The first kappa shape index (κ1) is 18.3. The predicted molar refractivity (Wildman–Crippen MR) is 99.6 cm³/mol. The zero-order chi connectivity index (χ0) is 17.9. The van der Waals surface area contributed by atoms with Crippen LogP contribution in [0.15, 0.2) is 0 Å². The first-order valence-electron chi connectivity index (χ1n) is 10.9. The number of nitrogens with one attached hydrogen (secondary N) is 1. The molecule has 0 spiro atoms. The molecular formula is C21H34N2O3. The molecule has 1 aliphatic heterocycles. The van der Waals surface area contributed by atoms with E-state index >= 15 is 0 Å². The molecule has 4 rings (SSSR count). The van der Waals surface area contributed by atoms with Crippen LogP contribution < -0.4 is 5.32 Å². The lowest BCUT2D eigenvalue weighted by Gasteiger charge is -2.36. The van der Waals surface area contributed by atoms with Gasteiger partial charge in [-0.05, 0) is 64.2 Å². The van der Waals surface area contributed by atoms with Crippen molar-refractivity contribution in [3.8, 4) is 0 Å². The van der Waals surface area contributed by atoms with Gasteiger partial charge in [-0.15, -0.1) is 0 Å². The summed E-state index contributed by atoms with van der Waals surface area (Å²) in [7, 11) is 0. The molecule has 3 saturated carbocycles. The average Bonchev–Trinajstić information content (AvgIpc) is 3.14. The fourth-order valence-electron chi connectivity index (χ4n) is 5.03. The third-order valence-corrected chi connectivity index (χ3v) is 6.84. The second kappa shape index (κ2) is 8.28. The van der Waals surface area contributed by atoms with Gasteiger partial charge < -0.3 is 15.0 Å². The molecule has 0 aromatic heterocycles. The van der Waals surface area contributed by atoms with Gasteiger partial charge in [0.15, 0.2) is 0 Å². The van der Waals surface area contributed by atoms with Crippen molar-refractivity contribution in [2.75, 3.05) is 13.2 Å². The molecular weight excluding hydrogens is 328 g/mol. The van der Waals surface area contributed by atoms with Gasteiger partial charge in [-0.1, -0.05) is 12.8 Å². The van der Waals surface area contributed by atoms with Gasteiger partial charge in [-0.3, -0.25) is 9.59 Å². The van der Waals surface area contributed by atoms with Crippen LogP contribution in [0.25, 0.3) is 0 Å². The van der Waals surface area contributed by atoms with Crippen molar-refractivity contribution in [3.63, 3.8) is 0 Å². The van der Waals surface area contributed by atoms with Crippen molar-refractivity contribution in [2.24, 2.45) is 11.8 Å². The Kier molecular flexibility index (Phi) is 5.82. The largest absolute Gasteiger partial charge is 0.376 e. The molecule has 1 unspecified atom stereocenters. The zero-order valence-corrected chi connectivity index (χ0v) is 16.0. The summed E-state index contributed by atoms with van der Waals surface area (Å²) in [6.07, 6.45) is 13.1. The van der Waals surface area contributed by atoms with Crippen LogP contribution in [0.5, 0.6) is 0 Å². The highest BCUT2D eigenvalue weighted by molar-refractivity contribution is 5.81. The summed E-state index contributed by atoms with van der Waals surface area (Å²) in [6.45, 7) is 1.64. The number of nitrogens with zero attached hydrogens (tertiary/aromatic N) is 1. The summed E-state index contributed by atoms with van der Waals surface area (Å²) in [5.74, 6) is 1.02. The van der Waals surface area contributed by atoms with Crippen LogP contribution in [0.2, 0.25) is 0 Å². The smallest absolute Gasteiger partial charge is 0.226 e. The summed E-state index contributed by atoms with van der Waals surface area (Å²) >= 11 is 0. The van der Waals surface area contributed by atoms with E-state index < -0.39 is 0 Å². The Labute approximate surface area is 157 Å². The van der Waals surface area contributed by atoms with Crippen molar-refractivity contribution in [1.82, 2.24) is 10.2 Å². The van der Waals surface area contributed by atoms with Crippen molar-refractivity contribution in [3.05, 3.63) is 0 Å². The van der Waals surface area contributed by atoms with Crippen LogP contribution in [0.3, 0.4) is 0 Å². The highest BCUT2D eigenvalue weighted by atomic mass is 16.5. The van der Waals surface area contributed by atoms with Gasteiger partial charge in [-0.25, -0.2) is 0 Å². The molecule has 0 radical (unpaired) electrons. The fourth-order valence-corrected chi connectivity index (χ4v) is 5.03. The Morgan fingerprint density at radius 2 is 1.54 bits per heavy atom. The van der Waals surface area contributed by atoms with E-state index in [-0.39, 0.29) is 29.9 Å². The van der Waals surface area contributed by atoms with Gasteiger partial charge in [0.1, 0.15) is 0 Å². The number of hydrogen-bond donors (Lipinski definition) is 1. The number of ether oxygens (including phenoxy) is 1. The zero-order valence-electron chi connectivity index (χ0n) is 16.0. The molecule has 1 saturated heterocycles. The van der Waals surface area contributed by atoms with Crippen molar-refractivity contribution < 1.29 is 14.3 Å². The summed E-state index contributed by atoms with van der Waals surface area (Å²) < 4.78 is 5.83. The van der Waals surface area contributed by atoms with Crippen LogP contribution >= 0.6 is 0 Å². The molecule has 4 aliphatic rings. The Morgan fingerprint density at radius 1 is 0.846 bits per heavy atom. The summed E-state index contributed by atoms with van der Waals surface area (Å²) in [5.41, 5.74) is 0. The molecule has 0 aromatic carbocycles. The Morgan fingerprint density at radius 3 is 2.15 bits per heavy atom. The van der Waals surface area contributed by atoms with E-state index in [9.17, 15) is 9.59 Å². The minimum Gasteiger partial charge on any atom is -0.376 e. The molecule has 146 valence electrons. The number of carbonyl (C=O) groups excluding carboxylic acids is 2. The van der Waals surface area contributed by atoms with Crippen molar-refractivity contribution in [1.29, 1.82) is 0 Å². The molecule has 5 nitrogen and oxygen atoms in total. The first-order valence-corrected chi connectivity index (χ1v) is 10.9. The Hall–Kier alpha value is -1.10. The van der Waals surface area contributed by atoms with E-state index in [4.69, 9.17) is 4.74 Å². The van der Waals surface area contributed by atoms with Crippen molar-refractivity contribution in [2.45, 2.75) is 95.2 Å². The van der Waals surface area contributed by atoms with E-state index in [1.165, 1.54) is 12.8 Å². The second-order valence-electron chi connectivity index (χ2n) is 8.90. The van der Waals surface area contributed by atoms with Gasteiger partial charge in [0.2, 0.25) is 11.8 Å². The maximum Gasteiger partial charge on any atom is 0.226 e. The standard InChI is InChI=1S/C21H34N2O3/c24-20(15-7-8-15)22-17-11-9-16(10-12-17)21(25)23(18-4-1-2-5-18)14-19-6-3-13-26-19/h15-19H,1-14H2,(H,22,24). The number of rotatable bonds is 6. The van der Waals surface area contributed by atoms with E-state index in [0.717, 1.165) is 77.4 Å². The van der Waals surface area contributed by atoms with Gasteiger partial charge >= 0.3 is 0 Å².